The van der Waals surface area contributed by atoms with Crippen molar-refractivity contribution in [3.8, 4) is 5.75 Å². The van der Waals surface area contributed by atoms with Crippen molar-refractivity contribution < 1.29 is 19.4 Å². The van der Waals surface area contributed by atoms with Crippen molar-refractivity contribution in [3.05, 3.63) is 58.7 Å². The lowest BCUT2D eigenvalue weighted by atomic mass is 9.94. The lowest BCUT2D eigenvalue weighted by Gasteiger charge is -2.37. The number of piperazine rings is 1. The number of para-hydroxylation sites is 1. The van der Waals surface area contributed by atoms with Gasteiger partial charge in [-0.1, -0.05) is 45.9 Å². The highest BCUT2D eigenvalue weighted by Crippen LogP contribution is 2.32. The van der Waals surface area contributed by atoms with Crippen LogP contribution in [-0.4, -0.2) is 74.2 Å². The largest absolute Gasteiger partial charge is 0.494 e. The van der Waals surface area contributed by atoms with Crippen LogP contribution in [0.3, 0.4) is 0 Å². The number of β-amino-alcohol motifs (C(OH)–C–C–N with tert-alkyl or cyclic N) is 1. The molecule has 0 aliphatic carbocycles. The van der Waals surface area contributed by atoms with Gasteiger partial charge in [-0.2, -0.15) is 0 Å². The topological polar surface area (TPSA) is 82.1 Å². The van der Waals surface area contributed by atoms with E-state index in [-0.39, 0.29) is 17.6 Å². The molecule has 0 radical (unpaired) electrons. The smallest absolute Gasteiger partial charge is 0.251 e. The monoisotopic (exact) mass is 539 g/mol. The first-order chi connectivity index (χ1) is 18.7. The van der Waals surface area contributed by atoms with Gasteiger partial charge >= 0.3 is 0 Å². The predicted octanol–water partition coefficient (Wildman–Crippen LogP) is 4.80. The maximum Gasteiger partial charge on any atom is 0.251 e. The molecule has 1 heterocycles. The number of methoxy groups -OCH3 is 1. The molecular formula is C32H49N3O4. The van der Waals surface area contributed by atoms with Crippen LogP contribution in [0.15, 0.2) is 36.4 Å². The molecule has 3 rings (SSSR count). The molecule has 0 saturated carbocycles. The van der Waals surface area contributed by atoms with Gasteiger partial charge in [-0.3, -0.25) is 14.5 Å². The Bertz CT molecular complexity index is 1060. The number of carbonyl (C=O) groups excluding carboxylic acids is 2. The molecule has 0 spiro atoms. The van der Waals surface area contributed by atoms with Gasteiger partial charge in [-0.05, 0) is 61.6 Å². The number of nitrogens with zero attached hydrogens (tertiary/aromatic N) is 2. The molecule has 1 fully saturated rings. The van der Waals surface area contributed by atoms with Crippen LogP contribution in [0.5, 0.6) is 5.75 Å². The van der Waals surface area contributed by atoms with Gasteiger partial charge in [0.05, 0.1) is 18.9 Å². The van der Waals surface area contributed by atoms with Crippen LogP contribution in [0.4, 0.5) is 5.69 Å². The molecule has 39 heavy (non-hydrogen) atoms. The number of aryl methyl sites for hydroxylation is 2. The van der Waals surface area contributed by atoms with Crippen molar-refractivity contribution in [1.82, 2.24) is 10.2 Å². The van der Waals surface area contributed by atoms with Crippen LogP contribution in [0.1, 0.15) is 67.6 Å². The maximum atomic E-state index is 12.7. The number of hydrogen-bond donors (Lipinski definition) is 2. The van der Waals surface area contributed by atoms with E-state index in [1.54, 1.807) is 13.2 Å². The molecule has 1 aliphatic heterocycles. The number of anilines is 1. The summed E-state index contributed by atoms with van der Waals surface area (Å²) in [6, 6.07) is 11.7. The Morgan fingerprint density at radius 1 is 1.05 bits per heavy atom. The van der Waals surface area contributed by atoms with Gasteiger partial charge in [0, 0.05) is 57.2 Å². The lowest BCUT2D eigenvalue weighted by Crippen LogP contribution is -2.49. The summed E-state index contributed by atoms with van der Waals surface area (Å²) >= 11 is 0. The van der Waals surface area contributed by atoms with E-state index in [1.165, 1.54) is 0 Å². The molecule has 2 atom stereocenters. The molecule has 0 aromatic heterocycles. The molecule has 1 aliphatic rings. The molecule has 2 aromatic rings. The third-order valence-electron chi connectivity index (χ3n) is 7.48. The van der Waals surface area contributed by atoms with Crippen molar-refractivity contribution in [2.75, 3.05) is 51.3 Å². The number of amides is 1. The van der Waals surface area contributed by atoms with Gasteiger partial charge in [-0.25, -0.2) is 0 Å². The van der Waals surface area contributed by atoms with Crippen LogP contribution in [0.2, 0.25) is 0 Å². The van der Waals surface area contributed by atoms with E-state index in [2.05, 4.69) is 40.2 Å². The second-order valence-corrected chi connectivity index (χ2v) is 10.2. The summed E-state index contributed by atoms with van der Waals surface area (Å²) in [6.45, 7) is 16.4. The fourth-order valence-electron chi connectivity index (χ4n) is 4.76. The van der Waals surface area contributed by atoms with Crippen molar-refractivity contribution in [2.45, 2.75) is 66.9 Å². The number of carbonyl (C=O) groups is 2. The highest BCUT2D eigenvalue weighted by atomic mass is 16.5. The lowest BCUT2D eigenvalue weighted by molar-refractivity contribution is -0.121. The summed E-state index contributed by atoms with van der Waals surface area (Å²) < 4.78 is 5.61. The summed E-state index contributed by atoms with van der Waals surface area (Å²) in [7, 11) is 1.71. The zero-order valence-corrected chi connectivity index (χ0v) is 25.0. The fraction of sp³-hybridized carbons (Fsp3) is 0.562. The Morgan fingerprint density at radius 3 is 2.38 bits per heavy atom. The first-order valence-electron chi connectivity index (χ1n) is 14.4. The average Bonchev–Trinajstić information content (AvgIpc) is 2.95. The quantitative estimate of drug-likeness (QED) is 0.403. The Hall–Kier alpha value is -2.90. The average molecular weight is 540 g/mol. The van der Waals surface area contributed by atoms with Gasteiger partial charge in [-0.15, -0.1) is 0 Å². The zero-order valence-electron chi connectivity index (χ0n) is 25.0. The number of rotatable bonds is 12. The van der Waals surface area contributed by atoms with E-state index >= 15 is 0 Å². The van der Waals surface area contributed by atoms with Crippen LogP contribution in [0.25, 0.3) is 0 Å². The molecule has 7 nitrogen and oxygen atoms in total. The van der Waals surface area contributed by atoms with Gasteiger partial charge in [0.15, 0.2) is 0 Å². The predicted molar refractivity (Wildman–Crippen MR) is 160 cm³/mol. The number of Topliss-reactive ketones (excluding diaryl/α,β-unsaturated/α-hetero) is 1. The minimum Gasteiger partial charge on any atom is -0.494 e. The molecule has 1 saturated heterocycles. The van der Waals surface area contributed by atoms with Gasteiger partial charge in [0.1, 0.15) is 11.5 Å². The van der Waals surface area contributed by atoms with E-state index < -0.39 is 6.10 Å². The first-order valence-corrected chi connectivity index (χ1v) is 14.4. The van der Waals surface area contributed by atoms with Gasteiger partial charge < -0.3 is 20.1 Å². The van der Waals surface area contributed by atoms with Crippen LogP contribution in [0, 0.1) is 19.8 Å². The Labute approximate surface area is 235 Å². The summed E-state index contributed by atoms with van der Waals surface area (Å²) in [6.07, 6.45) is 1.15. The number of ether oxygens (including phenoxy) is 1. The molecule has 2 N–H and O–H groups in total. The minimum atomic E-state index is -0.512. The van der Waals surface area contributed by atoms with Crippen LogP contribution >= 0.6 is 0 Å². The number of aliphatic hydroxyl groups excluding tert-OH is 1. The van der Waals surface area contributed by atoms with Crippen molar-refractivity contribution in [3.63, 3.8) is 0 Å². The normalized spacial score (nSPS) is 15.1. The Balaban J connectivity index is 0.00000260. The molecule has 1 amide bonds. The van der Waals surface area contributed by atoms with Gasteiger partial charge in [0.2, 0.25) is 0 Å². The number of aliphatic hydroxyl groups is 1. The minimum absolute atomic E-state index is 0.0201. The molecule has 7 heteroatoms. The van der Waals surface area contributed by atoms with Crippen molar-refractivity contribution in [2.24, 2.45) is 5.92 Å². The van der Waals surface area contributed by atoms with Crippen LogP contribution in [-0.2, 0) is 11.2 Å². The molecule has 0 bridgehead atoms. The van der Waals surface area contributed by atoms with Crippen molar-refractivity contribution in [1.29, 1.82) is 0 Å². The molecular weight excluding hydrogens is 490 g/mol. The van der Waals surface area contributed by atoms with E-state index in [9.17, 15) is 14.7 Å². The zero-order chi connectivity index (χ0) is 28.9. The highest BCUT2D eigenvalue weighted by molar-refractivity contribution is 5.95. The maximum absolute atomic E-state index is 12.7. The highest BCUT2D eigenvalue weighted by Gasteiger charge is 2.22. The molecule has 216 valence electrons. The second kappa shape index (κ2) is 16.3. The third kappa shape index (κ3) is 9.36. The molecule has 2 aromatic carbocycles. The number of benzene rings is 2. The molecule has 2 unspecified atom stereocenters. The van der Waals surface area contributed by atoms with E-state index in [1.807, 2.05) is 46.8 Å². The fourth-order valence-corrected chi connectivity index (χ4v) is 4.76. The Kier molecular flexibility index (Phi) is 13.5. The van der Waals surface area contributed by atoms with Crippen LogP contribution < -0.4 is 15.0 Å². The second-order valence-electron chi connectivity index (χ2n) is 10.2. The number of hydrogen-bond acceptors (Lipinski definition) is 6. The van der Waals surface area contributed by atoms with E-state index in [0.29, 0.717) is 31.5 Å². The number of nitrogens with one attached hydrogen (secondary N) is 1. The summed E-state index contributed by atoms with van der Waals surface area (Å²) in [5.41, 5.74) is 4.72. The first kappa shape index (κ1) is 32.3. The summed E-state index contributed by atoms with van der Waals surface area (Å²) in [5.74, 6) is 0.969. The standard InChI is InChI=1S/C30H43N3O4.C2H6/c1-6-21(2)28(35)19-25-18-24(11-10-22(25)3)30(36)31-13-12-26(34)20-32-14-16-33(17-15-32)27-9-7-8-23(4)29(27)37-5;1-2/h7-11,18,21,26,34H,6,12-17,19-20H2,1-5H3,(H,31,36);1-2H3. The number of ketones is 1. The SMILES string of the molecule is CC.CCC(C)C(=O)Cc1cc(C(=O)NCCC(O)CN2CCN(c3cccc(C)c3OC)CC2)ccc1C. The Morgan fingerprint density at radius 2 is 1.74 bits per heavy atom. The summed E-state index contributed by atoms with van der Waals surface area (Å²) in [5, 5.41) is 13.5. The third-order valence-corrected chi connectivity index (χ3v) is 7.48. The van der Waals surface area contributed by atoms with Gasteiger partial charge in [0.25, 0.3) is 5.91 Å². The van der Waals surface area contributed by atoms with E-state index in [4.69, 9.17) is 4.74 Å². The van der Waals surface area contributed by atoms with E-state index in [0.717, 1.165) is 60.7 Å². The van der Waals surface area contributed by atoms with Crippen molar-refractivity contribution >= 4 is 17.4 Å². The summed E-state index contributed by atoms with van der Waals surface area (Å²) in [4.78, 5) is 29.7.